The topological polar surface area (TPSA) is 80.1 Å². The molecule has 0 saturated heterocycles. The van der Waals surface area contributed by atoms with Gasteiger partial charge >= 0.3 is 0 Å². The first-order valence-electron chi connectivity index (χ1n) is 11.4. The van der Waals surface area contributed by atoms with E-state index in [0.717, 1.165) is 12.0 Å². The molecule has 4 aromatic rings. The molecule has 1 atom stereocenters. The maximum Gasteiger partial charge on any atom is 0.271 e. The van der Waals surface area contributed by atoms with Gasteiger partial charge in [-0.15, -0.1) is 11.3 Å². The fraction of sp³-hybridized carbons (Fsp3) is 0.259. The molecule has 0 bridgehead atoms. The highest BCUT2D eigenvalue weighted by molar-refractivity contribution is 7.11. The minimum absolute atomic E-state index is 0.281. The van der Waals surface area contributed by atoms with E-state index in [-0.39, 0.29) is 11.8 Å². The maximum absolute atomic E-state index is 13.8. The molecule has 35 heavy (non-hydrogen) atoms. The van der Waals surface area contributed by atoms with E-state index in [2.05, 4.69) is 27.5 Å². The molecule has 0 radical (unpaired) electrons. The Kier molecular flexibility index (Phi) is 7.12. The zero-order chi connectivity index (χ0) is 25.0. The Bertz CT molecular complexity index is 1280. The van der Waals surface area contributed by atoms with Gasteiger partial charge in [0.05, 0.1) is 17.9 Å². The summed E-state index contributed by atoms with van der Waals surface area (Å²) in [6, 6.07) is 17.1. The van der Waals surface area contributed by atoms with Gasteiger partial charge in [0.2, 0.25) is 5.91 Å². The molecule has 8 heteroatoms. The Labute approximate surface area is 209 Å². The highest BCUT2D eigenvalue weighted by Crippen LogP contribution is 2.31. The van der Waals surface area contributed by atoms with Gasteiger partial charge in [-0.05, 0) is 50.5 Å². The van der Waals surface area contributed by atoms with Crippen LogP contribution in [0.1, 0.15) is 53.2 Å². The summed E-state index contributed by atoms with van der Waals surface area (Å²) in [5.74, 6) is -0.571. The Balaban J connectivity index is 1.76. The average molecular weight is 488 g/mol. The molecule has 4 rings (SSSR count). The van der Waals surface area contributed by atoms with E-state index in [9.17, 15) is 9.59 Å². The zero-order valence-electron chi connectivity index (χ0n) is 20.3. The van der Waals surface area contributed by atoms with Crippen LogP contribution in [0.5, 0.6) is 0 Å². The van der Waals surface area contributed by atoms with Gasteiger partial charge in [-0.1, -0.05) is 42.5 Å². The lowest BCUT2D eigenvalue weighted by Gasteiger charge is -2.32. The normalized spacial score (nSPS) is 12.2. The summed E-state index contributed by atoms with van der Waals surface area (Å²) < 4.78 is 1.63. The largest absolute Gasteiger partial charge is 0.349 e. The van der Waals surface area contributed by atoms with Crippen LogP contribution < -0.4 is 10.2 Å². The monoisotopic (exact) mass is 487 g/mol. The van der Waals surface area contributed by atoms with E-state index >= 15 is 0 Å². The number of carbonyl (C=O) groups is 2. The molecule has 0 aliphatic carbocycles. The second kappa shape index (κ2) is 10.2. The number of nitrogens with zero attached hydrogens (tertiary/aromatic N) is 4. The van der Waals surface area contributed by atoms with Crippen molar-refractivity contribution >= 4 is 28.8 Å². The Morgan fingerprint density at radius 2 is 1.71 bits per heavy atom. The number of carbonyl (C=O) groups excluding carboxylic acids is 2. The van der Waals surface area contributed by atoms with Crippen molar-refractivity contribution in [3.8, 4) is 0 Å². The third-order valence-corrected chi connectivity index (χ3v) is 6.13. The molecule has 1 N–H and O–H groups in total. The third-order valence-electron chi connectivity index (χ3n) is 5.37. The van der Waals surface area contributed by atoms with Crippen LogP contribution in [0.2, 0.25) is 0 Å². The van der Waals surface area contributed by atoms with E-state index in [4.69, 9.17) is 0 Å². The quantitative estimate of drug-likeness (QED) is 0.407. The molecule has 0 fully saturated rings. The van der Waals surface area contributed by atoms with Crippen molar-refractivity contribution in [2.45, 2.75) is 38.8 Å². The van der Waals surface area contributed by atoms with Gasteiger partial charge in [0.15, 0.2) is 0 Å². The van der Waals surface area contributed by atoms with Crippen molar-refractivity contribution in [3.05, 3.63) is 100 Å². The minimum atomic E-state index is -0.905. The summed E-state index contributed by atoms with van der Waals surface area (Å²) in [6.07, 6.45) is 5.71. The number of hydrogen-bond acceptors (Lipinski definition) is 5. The number of aryl methyl sites for hydroxylation is 1. The molecule has 2 aromatic heterocycles. The molecule has 1 unspecified atom stereocenters. The minimum Gasteiger partial charge on any atom is -0.349 e. The van der Waals surface area contributed by atoms with E-state index < -0.39 is 11.6 Å². The van der Waals surface area contributed by atoms with Crippen LogP contribution in [0.3, 0.4) is 0 Å². The van der Waals surface area contributed by atoms with Gasteiger partial charge in [0.1, 0.15) is 10.9 Å². The van der Waals surface area contributed by atoms with Crippen LogP contribution in [-0.2, 0) is 18.3 Å². The number of hydrogen-bond donors (Lipinski definition) is 1. The molecule has 0 saturated carbocycles. The summed E-state index contributed by atoms with van der Waals surface area (Å²) in [5.41, 5.74) is 4.70. The van der Waals surface area contributed by atoms with Crippen molar-refractivity contribution in [3.63, 3.8) is 0 Å². The standard InChI is InChI=1S/C27H29N5O2S/c1-27(2,3)30-25(33)24(21-15-29-31(4)17-21)32(26(34)23-16-28-18-35-23)22-12-10-20(11-13-22)14-19-8-6-5-7-9-19/h5-13,15-18,24H,14H2,1-4H3,(H,30,33). The molecule has 180 valence electrons. The highest BCUT2D eigenvalue weighted by atomic mass is 32.1. The van der Waals surface area contributed by atoms with Gasteiger partial charge in [-0.3, -0.25) is 24.2 Å². The van der Waals surface area contributed by atoms with Crippen LogP contribution >= 0.6 is 11.3 Å². The molecule has 0 spiro atoms. The predicted octanol–water partition coefficient (Wildman–Crippen LogP) is 4.77. The van der Waals surface area contributed by atoms with Crippen LogP contribution in [-0.4, -0.2) is 32.1 Å². The second-order valence-electron chi connectivity index (χ2n) is 9.46. The summed E-state index contributed by atoms with van der Waals surface area (Å²) in [7, 11) is 1.79. The first kappa shape index (κ1) is 24.3. The van der Waals surface area contributed by atoms with E-state index in [1.807, 2.05) is 63.2 Å². The first-order valence-corrected chi connectivity index (χ1v) is 12.2. The summed E-state index contributed by atoms with van der Waals surface area (Å²) in [6.45, 7) is 5.75. The predicted molar refractivity (Wildman–Crippen MR) is 138 cm³/mol. The maximum atomic E-state index is 13.8. The van der Waals surface area contributed by atoms with Gasteiger partial charge in [0.25, 0.3) is 5.91 Å². The van der Waals surface area contributed by atoms with Crippen molar-refractivity contribution in [1.29, 1.82) is 0 Å². The Morgan fingerprint density at radius 3 is 2.29 bits per heavy atom. The lowest BCUT2D eigenvalue weighted by molar-refractivity contribution is -0.123. The Morgan fingerprint density at radius 1 is 1.03 bits per heavy atom. The van der Waals surface area contributed by atoms with E-state index in [1.54, 1.807) is 29.6 Å². The summed E-state index contributed by atoms with van der Waals surface area (Å²) in [4.78, 5) is 33.4. The number of thiazole rings is 1. The molecular weight excluding hydrogens is 458 g/mol. The van der Waals surface area contributed by atoms with Crippen molar-refractivity contribution in [2.75, 3.05) is 4.90 Å². The lowest BCUT2D eigenvalue weighted by atomic mass is 10.0. The lowest BCUT2D eigenvalue weighted by Crippen LogP contribution is -2.49. The number of nitrogens with one attached hydrogen (secondary N) is 1. The smallest absolute Gasteiger partial charge is 0.271 e. The Hall–Kier alpha value is -3.78. The number of amides is 2. The first-order chi connectivity index (χ1) is 16.7. The van der Waals surface area contributed by atoms with Crippen LogP contribution in [0.25, 0.3) is 0 Å². The van der Waals surface area contributed by atoms with Gasteiger partial charge < -0.3 is 5.32 Å². The SMILES string of the molecule is Cn1cc(C(C(=O)NC(C)(C)C)N(C(=O)c2cncs2)c2ccc(Cc3ccccc3)cc2)cn1. The molecule has 2 amide bonds. The number of aromatic nitrogens is 3. The van der Waals surface area contributed by atoms with Gasteiger partial charge in [0, 0.05) is 30.0 Å². The van der Waals surface area contributed by atoms with Crippen LogP contribution in [0.4, 0.5) is 5.69 Å². The molecule has 2 heterocycles. The number of benzene rings is 2. The second-order valence-corrected chi connectivity index (χ2v) is 10.3. The van der Waals surface area contributed by atoms with Crippen molar-refractivity contribution in [1.82, 2.24) is 20.1 Å². The fourth-order valence-corrected chi connectivity index (χ4v) is 4.42. The third kappa shape index (κ3) is 6.02. The van der Waals surface area contributed by atoms with E-state index in [1.165, 1.54) is 28.0 Å². The average Bonchev–Trinajstić information content (AvgIpc) is 3.49. The fourth-order valence-electron chi connectivity index (χ4n) is 3.87. The highest BCUT2D eigenvalue weighted by Gasteiger charge is 2.36. The summed E-state index contributed by atoms with van der Waals surface area (Å²) >= 11 is 1.25. The molecule has 0 aliphatic rings. The van der Waals surface area contributed by atoms with Crippen LogP contribution in [0, 0.1) is 0 Å². The molecular formula is C27H29N5O2S. The van der Waals surface area contributed by atoms with Crippen LogP contribution in [0.15, 0.2) is 78.7 Å². The zero-order valence-corrected chi connectivity index (χ0v) is 21.1. The molecule has 2 aromatic carbocycles. The number of rotatable bonds is 7. The van der Waals surface area contributed by atoms with Crippen molar-refractivity contribution < 1.29 is 9.59 Å². The van der Waals surface area contributed by atoms with Gasteiger partial charge in [-0.25, -0.2) is 0 Å². The van der Waals surface area contributed by atoms with Gasteiger partial charge in [-0.2, -0.15) is 5.10 Å². The number of anilines is 1. The molecule has 7 nitrogen and oxygen atoms in total. The van der Waals surface area contributed by atoms with Crippen molar-refractivity contribution in [2.24, 2.45) is 7.05 Å². The molecule has 0 aliphatic heterocycles. The van der Waals surface area contributed by atoms with E-state index in [0.29, 0.717) is 16.1 Å². The summed E-state index contributed by atoms with van der Waals surface area (Å²) in [5, 5.41) is 7.30.